The molecule has 1 heterocycles. The molecule has 6 heteroatoms. The van der Waals surface area contributed by atoms with Gasteiger partial charge in [-0.2, -0.15) is 0 Å². The Bertz CT molecular complexity index is 1110. The molecule has 0 aliphatic heterocycles. The average Bonchev–Trinajstić information content (AvgIpc) is 3.17. The van der Waals surface area contributed by atoms with E-state index in [0.29, 0.717) is 18.9 Å². The number of rotatable bonds is 9. The lowest BCUT2D eigenvalue weighted by atomic mass is 10.1. The molecule has 0 saturated carbocycles. The van der Waals surface area contributed by atoms with Crippen molar-refractivity contribution in [2.75, 3.05) is 18.4 Å². The molecule has 0 aliphatic rings. The SMILES string of the molecule is C=CCN(CC(=O)Nc1nc(-c2ccc(C)cc2)cn1-c1ccc(C)cc1)C(=O)CC(C)C. The highest BCUT2D eigenvalue weighted by Crippen LogP contribution is 2.25. The van der Waals surface area contributed by atoms with Gasteiger partial charge in [0.2, 0.25) is 17.8 Å². The van der Waals surface area contributed by atoms with Crippen LogP contribution in [0.5, 0.6) is 0 Å². The number of aryl methyl sites for hydroxylation is 2. The molecule has 0 atom stereocenters. The fourth-order valence-corrected chi connectivity index (χ4v) is 3.46. The van der Waals surface area contributed by atoms with E-state index in [0.717, 1.165) is 22.5 Å². The molecular formula is C27H32N4O2. The van der Waals surface area contributed by atoms with Crippen molar-refractivity contribution in [3.8, 4) is 16.9 Å². The number of nitrogens with one attached hydrogen (secondary N) is 1. The molecule has 0 bridgehead atoms. The minimum absolute atomic E-state index is 0.0573. The van der Waals surface area contributed by atoms with Crippen LogP contribution >= 0.6 is 0 Å². The number of carbonyl (C=O) groups is 2. The summed E-state index contributed by atoms with van der Waals surface area (Å²) in [4.78, 5) is 31.7. The van der Waals surface area contributed by atoms with E-state index < -0.39 is 0 Å². The molecule has 2 aromatic carbocycles. The summed E-state index contributed by atoms with van der Waals surface area (Å²) in [6.45, 7) is 12.0. The summed E-state index contributed by atoms with van der Waals surface area (Å²) in [5.41, 5.74) is 4.92. The van der Waals surface area contributed by atoms with Crippen molar-refractivity contribution < 1.29 is 9.59 Å². The maximum absolute atomic E-state index is 12.9. The van der Waals surface area contributed by atoms with Gasteiger partial charge in [-0.1, -0.05) is 67.4 Å². The minimum Gasteiger partial charge on any atom is -0.330 e. The van der Waals surface area contributed by atoms with Crippen molar-refractivity contribution >= 4 is 17.8 Å². The first-order valence-electron chi connectivity index (χ1n) is 11.2. The smallest absolute Gasteiger partial charge is 0.246 e. The third-order valence-electron chi connectivity index (χ3n) is 5.24. The first-order chi connectivity index (χ1) is 15.8. The Morgan fingerprint density at radius 3 is 2.24 bits per heavy atom. The zero-order valence-corrected chi connectivity index (χ0v) is 19.8. The third-order valence-corrected chi connectivity index (χ3v) is 5.24. The quantitative estimate of drug-likeness (QED) is 0.464. The molecule has 0 unspecified atom stereocenters. The summed E-state index contributed by atoms with van der Waals surface area (Å²) < 4.78 is 1.86. The Labute approximate surface area is 196 Å². The molecule has 3 rings (SSSR count). The molecule has 0 fully saturated rings. The molecule has 2 amide bonds. The summed E-state index contributed by atoms with van der Waals surface area (Å²) in [7, 11) is 0. The zero-order valence-electron chi connectivity index (χ0n) is 19.8. The number of hydrogen-bond acceptors (Lipinski definition) is 3. The molecule has 33 heavy (non-hydrogen) atoms. The Kier molecular flexibility index (Phi) is 7.83. The lowest BCUT2D eigenvalue weighted by molar-refractivity contribution is -0.134. The number of anilines is 1. The molecule has 0 radical (unpaired) electrons. The predicted octanol–water partition coefficient (Wildman–Crippen LogP) is 5.16. The zero-order chi connectivity index (χ0) is 24.0. The number of nitrogens with zero attached hydrogens (tertiary/aromatic N) is 3. The Balaban J connectivity index is 1.89. The highest BCUT2D eigenvalue weighted by atomic mass is 16.2. The van der Waals surface area contributed by atoms with Gasteiger partial charge >= 0.3 is 0 Å². The van der Waals surface area contributed by atoms with E-state index in [1.54, 1.807) is 6.08 Å². The van der Waals surface area contributed by atoms with Crippen molar-refractivity contribution in [2.24, 2.45) is 5.92 Å². The number of benzene rings is 2. The van der Waals surface area contributed by atoms with E-state index in [-0.39, 0.29) is 24.3 Å². The van der Waals surface area contributed by atoms with Crippen LogP contribution in [0.15, 0.2) is 67.4 Å². The van der Waals surface area contributed by atoms with E-state index in [2.05, 4.69) is 11.9 Å². The van der Waals surface area contributed by atoms with E-state index in [4.69, 9.17) is 4.98 Å². The minimum atomic E-state index is -0.302. The number of carbonyl (C=O) groups excluding carboxylic acids is 2. The highest BCUT2D eigenvalue weighted by Gasteiger charge is 2.19. The molecule has 0 saturated heterocycles. The van der Waals surface area contributed by atoms with Crippen LogP contribution in [-0.4, -0.2) is 39.4 Å². The van der Waals surface area contributed by atoms with Crippen LogP contribution in [0, 0.1) is 19.8 Å². The van der Waals surface area contributed by atoms with E-state index in [9.17, 15) is 9.59 Å². The van der Waals surface area contributed by atoms with Crippen LogP contribution < -0.4 is 5.32 Å². The molecule has 0 spiro atoms. The van der Waals surface area contributed by atoms with Crippen molar-refractivity contribution in [1.82, 2.24) is 14.5 Å². The second-order valence-corrected chi connectivity index (χ2v) is 8.73. The van der Waals surface area contributed by atoms with E-state index >= 15 is 0 Å². The van der Waals surface area contributed by atoms with Gasteiger partial charge in [0.15, 0.2) is 0 Å². The number of aromatic nitrogens is 2. The maximum Gasteiger partial charge on any atom is 0.246 e. The number of imidazole rings is 1. The lowest BCUT2D eigenvalue weighted by Gasteiger charge is -2.21. The van der Waals surface area contributed by atoms with Crippen LogP contribution in [0.2, 0.25) is 0 Å². The summed E-state index contributed by atoms with van der Waals surface area (Å²) in [5.74, 6) is 0.255. The lowest BCUT2D eigenvalue weighted by Crippen LogP contribution is -2.38. The van der Waals surface area contributed by atoms with Gasteiger partial charge in [0.25, 0.3) is 0 Å². The summed E-state index contributed by atoms with van der Waals surface area (Å²) in [5, 5.41) is 2.91. The predicted molar refractivity (Wildman–Crippen MR) is 133 cm³/mol. The summed E-state index contributed by atoms with van der Waals surface area (Å²) in [6.07, 6.45) is 3.93. The summed E-state index contributed by atoms with van der Waals surface area (Å²) in [6, 6.07) is 16.1. The molecule has 6 nitrogen and oxygen atoms in total. The van der Waals surface area contributed by atoms with Crippen LogP contribution in [0.25, 0.3) is 16.9 Å². The van der Waals surface area contributed by atoms with Gasteiger partial charge in [-0.15, -0.1) is 6.58 Å². The first kappa shape index (κ1) is 24.0. The van der Waals surface area contributed by atoms with Crippen LogP contribution in [0.1, 0.15) is 31.4 Å². The molecule has 1 aromatic heterocycles. The second kappa shape index (κ2) is 10.8. The largest absolute Gasteiger partial charge is 0.330 e. The molecular weight excluding hydrogens is 412 g/mol. The van der Waals surface area contributed by atoms with Gasteiger partial charge < -0.3 is 4.90 Å². The molecule has 1 N–H and O–H groups in total. The van der Waals surface area contributed by atoms with E-state index in [1.807, 2.05) is 87.0 Å². The van der Waals surface area contributed by atoms with Crippen molar-refractivity contribution in [3.63, 3.8) is 0 Å². The van der Waals surface area contributed by atoms with Gasteiger partial charge in [0, 0.05) is 30.4 Å². The van der Waals surface area contributed by atoms with Crippen LogP contribution in [0.3, 0.4) is 0 Å². The number of hydrogen-bond donors (Lipinski definition) is 1. The first-order valence-corrected chi connectivity index (χ1v) is 11.2. The monoisotopic (exact) mass is 444 g/mol. The maximum atomic E-state index is 12.9. The third kappa shape index (κ3) is 6.42. The second-order valence-electron chi connectivity index (χ2n) is 8.73. The topological polar surface area (TPSA) is 67.2 Å². The van der Waals surface area contributed by atoms with Gasteiger partial charge in [0.05, 0.1) is 5.69 Å². The fourth-order valence-electron chi connectivity index (χ4n) is 3.46. The Hall–Kier alpha value is -3.67. The fraction of sp³-hybridized carbons (Fsp3) is 0.296. The van der Waals surface area contributed by atoms with Crippen LogP contribution in [-0.2, 0) is 9.59 Å². The van der Waals surface area contributed by atoms with Crippen LogP contribution in [0.4, 0.5) is 5.95 Å². The van der Waals surface area contributed by atoms with Gasteiger partial charge in [0.1, 0.15) is 6.54 Å². The Morgan fingerprint density at radius 2 is 1.67 bits per heavy atom. The normalized spacial score (nSPS) is 10.8. The van der Waals surface area contributed by atoms with Crippen molar-refractivity contribution in [2.45, 2.75) is 34.1 Å². The van der Waals surface area contributed by atoms with Crippen molar-refractivity contribution in [1.29, 1.82) is 0 Å². The number of amides is 2. The van der Waals surface area contributed by atoms with Gasteiger partial charge in [-0.05, 0) is 31.9 Å². The molecule has 3 aromatic rings. The van der Waals surface area contributed by atoms with E-state index in [1.165, 1.54) is 10.5 Å². The molecule has 0 aliphatic carbocycles. The molecule has 172 valence electrons. The Morgan fingerprint density at radius 1 is 1.06 bits per heavy atom. The highest BCUT2D eigenvalue weighted by molar-refractivity contribution is 5.94. The van der Waals surface area contributed by atoms with Crippen molar-refractivity contribution in [3.05, 3.63) is 78.5 Å². The average molecular weight is 445 g/mol. The standard InChI is InChI=1S/C27H32N4O2/c1-6-15-30(26(33)16-19(2)3)18-25(32)29-27-28-24(22-11-7-20(4)8-12-22)17-31(27)23-13-9-21(5)10-14-23/h6-14,17,19H,1,15-16,18H2,2-5H3,(H,28,29,32). The van der Waals surface area contributed by atoms with Gasteiger partial charge in [-0.3, -0.25) is 19.5 Å². The van der Waals surface area contributed by atoms with Gasteiger partial charge in [-0.25, -0.2) is 4.98 Å². The summed E-state index contributed by atoms with van der Waals surface area (Å²) >= 11 is 0.